The Hall–Kier alpha value is -4.29. The molecule has 0 aliphatic rings. The standard InChI is InChI=1S/C22H15F5N2O6/c1-10-3-4-13(14(5-10)22(25,26)27)21(2,11-6-15(23)19(30)17(8-11)28(32)33)12-7-16(24)20(31)18(9-12)29(34)35/h3-9,30-31H,1-2H3. The van der Waals surface area contributed by atoms with E-state index in [9.17, 15) is 52.4 Å². The molecule has 0 spiro atoms. The van der Waals surface area contributed by atoms with Gasteiger partial charge in [-0.25, -0.2) is 8.78 Å². The quantitative estimate of drug-likeness (QED) is 0.196. The fourth-order valence-corrected chi connectivity index (χ4v) is 3.83. The first-order valence-corrected chi connectivity index (χ1v) is 9.62. The molecule has 0 saturated carbocycles. The molecule has 2 N–H and O–H groups in total. The van der Waals surface area contributed by atoms with Crippen LogP contribution in [0.3, 0.4) is 0 Å². The molecule has 3 aromatic rings. The van der Waals surface area contributed by atoms with Gasteiger partial charge in [-0.3, -0.25) is 20.2 Å². The minimum absolute atomic E-state index is 0.161. The Labute approximate surface area is 193 Å². The molecular formula is C22H15F5N2O6. The molecule has 0 aromatic heterocycles. The summed E-state index contributed by atoms with van der Waals surface area (Å²) in [6.07, 6.45) is -5.01. The number of nitro groups is 2. The Morgan fingerprint density at radius 3 is 1.57 bits per heavy atom. The molecule has 0 heterocycles. The van der Waals surface area contributed by atoms with Gasteiger partial charge in [-0.2, -0.15) is 13.2 Å². The van der Waals surface area contributed by atoms with Crippen LogP contribution in [0.25, 0.3) is 0 Å². The van der Waals surface area contributed by atoms with Crippen molar-refractivity contribution >= 4 is 11.4 Å². The molecule has 0 amide bonds. The second-order valence-corrected chi connectivity index (χ2v) is 7.84. The Balaban J connectivity index is 2.56. The number of phenolic OH excluding ortho intramolecular Hbond substituents is 2. The van der Waals surface area contributed by atoms with Crippen LogP contribution >= 0.6 is 0 Å². The van der Waals surface area contributed by atoms with Gasteiger partial charge in [0.2, 0.25) is 11.5 Å². The van der Waals surface area contributed by atoms with Gasteiger partial charge in [0.15, 0.2) is 11.6 Å². The van der Waals surface area contributed by atoms with Gasteiger partial charge in [0.1, 0.15) is 0 Å². The molecule has 0 aliphatic heterocycles. The number of nitrogens with zero attached hydrogens (tertiary/aromatic N) is 2. The summed E-state index contributed by atoms with van der Waals surface area (Å²) in [4.78, 5) is 20.4. The van der Waals surface area contributed by atoms with E-state index in [0.29, 0.717) is 24.3 Å². The maximum Gasteiger partial charge on any atom is 0.416 e. The Morgan fingerprint density at radius 2 is 1.20 bits per heavy atom. The van der Waals surface area contributed by atoms with Crippen LogP contribution in [-0.4, -0.2) is 20.1 Å². The van der Waals surface area contributed by atoms with Crippen LogP contribution in [0.4, 0.5) is 33.3 Å². The molecule has 3 rings (SSSR count). The van der Waals surface area contributed by atoms with E-state index in [-0.39, 0.29) is 5.56 Å². The molecule has 8 nitrogen and oxygen atoms in total. The lowest BCUT2D eigenvalue weighted by atomic mass is 9.69. The highest BCUT2D eigenvalue weighted by Crippen LogP contribution is 2.48. The topological polar surface area (TPSA) is 127 Å². The van der Waals surface area contributed by atoms with Gasteiger partial charge in [0, 0.05) is 17.5 Å². The highest BCUT2D eigenvalue weighted by atomic mass is 19.4. The van der Waals surface area contributed by atoms with E-state index in [4.69, 9.17) is 0 Å². The zero-order valence-electron chi connectivity index (χ0n) is 17.9. The maximum atomic E-state index is 14.5. The van der Waals surface area contributed by atoms with E-state index in [2.05, 4.69) is 0 Å². The van der Waals surface area contributed by atoms with Gasteiger partial charge >= 0.3 is 17.6 Å². The fourth-order valence-electron chi connectivity index (χ4n) is 3.83. The van der Waals surface area contributed by atoms with Crippen molar-refractivity contribution in [3.8, 4) is 11.5 Å². The zero-order valence-corrected chi connectivity index (χ0v) is 17.9. The smallest absolute Gasteiger partial charge is 0.416 e. The number of aromatic hydroxyl groups is 2. The lowest BCUT2D eigenvalue weighted by Gasteiger charge is -2.34. The molecule has 184 valence electrons. The van der Waals surface area contributed by atoms with Crippen molar-refractivity contribution in [2.45, 2.75) is 25.4 Å². The van der Waals surface area contributed by atoms with Crippen LogP contribution in [-0.2, 0) is 11.6 Å². The van der Waals surface area contributed by atoms with Crippen molar-refractivity contribution in [2.24, 2.45) is 0 Å². The van der Waals surface area contributed by atoms with Crippen molar-refractivity contribution in [3.63, 3.8) is 0 Å². The summed E-state index contributed by atoms with van der Waals surface area (Å²) in [6, 6.07) is 5.18. The minimum atomic E-state index is -5.01. The number of rotatable bonds is 5. The molecule has 0 unspecified atom stereocenters. The average molecular weight is 498 g/mol. The highest BCUT2D eigenvalue weighted by molar-refractivity contribution is 5.61. The maximum absolute atomic E-state index is 14.5. The van der Waals surface area contributed by atoms with E-state index in [0.717, 1.165) is 19.1 Å². The van der Waals surface area contributed by atoms with Gasteiger partial charge in [0.05, 0.1) is 15.4 Å². The fraction of sp³-hybridized carbons (Fsp3) is 0.182. The molecule has 0 saturated heterocycles. The molecule has 0 bridgehead atoms. The molecule has 0 radical (unpaired) electrons. The lowest BCUT2D eigenvalue weighted by molar-refractivity contribution is -0.386. The van der Waals surface area contributed by atoms with Crippen molar-refractivity contribution in [3.05, 3.63) is 102 Å². The van der Waals surface area contributed by atoms with Gasteiger partial charge in [-0.05, 0) is 48.7 Å². The van der Waals surface area contributed by atoms with E-state index in [1.165, 1.54) is 13.0 Å². The number of hydrogen-bond acceptors (Lipinski definition) is 6. The number of aryl methyl sites for hydroxylation is 1. The second kappa shape index (κ2) is 8.49. The summed E-state index contributed by atoms with van der Waals surface area (Å²) in [6.45, 7) is 2.38. The van der Waals surface area contributed by atoms with Crippen LogP contribution in [0.15, 0.2) is 42.5 Å². The van der Waals surface area contributed by atoms with Crippen LogP contribution in [0.1, 0.15) is 34.7 Å². The number of phenols is 2. The van der Waals surface area contributed by atoms with Gasteiger partial charge < -0.3 is 10.2 Å². The SMILES string of the molecule is Cc1ccc(C(C)(c2cc(F)c(O)c([N+](=O)[O-])c2)c2cc(F)c(O)c([N+](=O)[O-])c2)c(C(F)(F)F)c1. The first-order valence-electron chi connectivity index (χ1n) is 9.62. The Bertz CT molecular complexity index is 1300. The van der Waals surface area contributed by atoms with Gasteiger partial charge in [-0.1, -0.05) is 17.7 Å². The molecular weight excluding hydrogens is 483 g/mol. The minimum Gasteiger partial charge on any atom is -0.500 e. The molecule has 35 heavy (non-hydrogen) atoms. The zero-order chi connectivity index (χ0) is 26.5. The molecule has 0 atom stereocenters. The lowest BCUT2D eigenvalue weighted by Crippen LogP contribution is -2.29. The van der Waals surface area contributed by atoms with Crippen LogP contribution in [0, 0.1) is 38.8 Å². The monoisotopic (exact) mass is 498 g/mol. The Morgan fingerprint density at radius 1 is 0.771 bits per heavy atom. The van der Waals surface area contributed by atoms with E-state index in [1.54, 1.807) is 0 Å². The van der Waals surface area contributed by atoms with E-state index >= 15 is 0 Å². The van der Waals surface area contributed by atoms with E-state index < -0.39 is 78.2 Å². The number of halogens is 5. The second-order valence-electron chi connectivity index (χ2n) is 7.84. The third-order valence-electron chi connectivity index (χ3n) is 5.65. The average Bonchev–Trinajstić information content (AvgIpc) is 2.75. The molecule has 3 aromatic carbocycles. The summed E-state index contributed by atoms with van der Waals surface area (Å²) in [5.74, 6) is -5.89. The summed E-state index contributed by atoms with van der Waals surface area (Å²) in [7, 11) is 0. The first kappa shape index (κ1) is 25.3. The van der Waals surface area contributed by atoms with Crippen molar-refractivity contribution in [1.82, 2.24) is 0 Å². The van der Waals surface area contributed by atoms with Crippen LogP contribution < -0.4 is 0 Å². The van der Waals surface area contributed by atoms with Crippen molar-refractivity contribution in [2.75, 3.05) is 0 Å². The Kier molecular flexibility index (Phi) is 6.14. The van der Waals surface area contributed by atoms with Gasteiger partial charge in [0.25, 0.3) is 0 Å². The van der Waals surface area contributed by atoms with Crippen molar-refractivity contribution in [1.29, 1.82) is 0 Å². The number of alkyl halides is 3. The third kappa shape index (κ3) is 4.32. The van der Waals surface area contributed by atoms with Gasteiger partial charge in [-0.15, -0.1) is 0 Å². The highest BCUT2D eigenvalue weighted by Gasteiger charge is 2.43. The number of benzene rings is 3. The first-order chi connectivity index (χ1) is 16.1. The molecule has 0 fully saturated rings. The summed E-state index contributed by atoms with van der Waals surface area (Å²) < 4.78 is 71.2. The summed E-state index contributed by atoms with van der Waals surface area (Å²) in [5.41, 5.74) is -7.53. The van der Waals surface area contributed by atoms with E-state index in [1.807, 2.05) is 0 Å². The largest absolute Gasteiger partial charge is 0.500 e. The molecule has 13 heteroatoms. The summed E-state index contributed by atoms with van der Waals surface area (Å²) in [5, 5.41) is 42.2. The predicted octanol–water partition coefficient (Wildman–Crippen LogP) is 5.87. The predicted molar refractivity (Wildman–Crippen MR) is 111 cm³/mol. The van der Waals surface area contributed by atoms with Crippen LogP contribution in [0.2, 0.25) is 0 Å². The van der Waals surface area contributed by atoms with Crippen molar-refractivity contribution < 1.29 is 42.0 Å². The number of hydrogen-bond donors (Lipinski definition) is 2. The normalized spacial score (nSPS) is 12.0. The van der Waals surface area contributed by atoms with Crippen LogP contribution in [0.5, 0.6) is 11.5 Å². The third-order valence-corrected chi connectivity index (χ3v) is 5.65. The summed E-state index contributed by atoms with van der Waals surface area (Å²) >= 11 is 0. The number of nitro benzene ring substituents is 2. The molecule has 0 aliphatic carbocycles.